The molecule has 0 bridgehead atoms. The zero-order valence-electron chi connectivity index (χ0n) is 8.93. The minimum absolute atomic E-state index is 0.0906. The molecule has 0 aliphatic rings. The normalized spacial score (nSPS) is 10.3. The first kappa shape index (κ1) is 11.0. The molecule has 0 fully saturated rings. The van der Waals surface area contributed by atoms with Crippen LogP contribution in [0.3, 0.4) is 0 Å². The molecule has 4 heteroatoms. The number of aromatic nitrogens is 2. The van der Waals surface area contributed by atoms with E-state index in [0.717, 1.165) is 17.1 Å². The molecule has 2 rings (SSSR count). The first-order valence-corrected chi connectivity index (χ1v) is 5.97. The van der Waals surface area contributed by atoms with Gasteiger partial charge in [-0.05, 0) is 6.92 Å². The van der Waals surface area contributed by atoms with E-state index < -0.39 is 0 Å². The van der Waals surface area contributed by atoms with Crippen LogP contribution in [-0.2, 0) is 5.75 Å². The molecule has 3 nitrogen and oxygen atoms in total. The summed E-state index contributed by atoms with van der Waals surface area (Å²) in [6.45, 7) is 1.90. The van der Waals surface area contributed by atoms with Crippen molar-refractivity contribution in [1.29, 1.82) is 0 Å². The Morgan fingerprint density at radius 3 is 2.75 bits per heavy atom. The highest BCUT2D eigenvalue weighted by molar-refractivity contribution is 8.13. The molecule has 0 atom stereocenters. The summed E-state index contributed by atoms with van der Waals surface area (Å²) in [4.78, 5) is 18.9. The summed E-state index contributed by atoms with van der Waals surface area (Å²) >= 11 is 1.29. The standard InChI is InChI=1S/C12H12N2OS/c1-9-13-7-11(14-9)8-16-12(15)10-5-3-2-4-6-10/h2-7H,8H2,1H3,(H,13,14). The molecule has 0 amide bonds. The van der Waals surface area contributed by atoms with Gasteiger partial charge in [-0.25, -0.2) is 4.98 Å². The lowest BCUT2D eigenvalue weighted by atomic mass is 10.2. The van der Waals surface area contributed by atoms with Crippen molar-refractivity contribution < 1.29 is 4.79 Å². The molecule has 2 aromatic rings. The Morgan fingerprint density at radius 2 is 2.12 bits per heavy atom. The maximum Gasteiger partial charge on any atom is 0.219 e. The van der Waals surface area contributed by atoms with Gasteiger partial charge in [0.05, 0.1) is 0 Å². The number of carbonyl (C=O) groups is 1. The SMILES string of the molecule is Cc1ncc(CSC(=O)c2ccccc2)[nH]1. The minimum Gasteiger partial charge on any atom is -0.345 e. The number of hydrogen-bond acceptors (Lipinski definition) is 3. The topological polar surface area (TPSA) is 45.8 Å². The minimum atomic E-state index is 0.0906. The number of nitrogens with one attached hydrogen (secondary N) is 1. The predicted molar refractivity (Wildman–Crippen MR) is 65.4 cm³/mol. The average Bonchev–Trinajstić information content (AvgIpc) is 2.73. The van der Waals surface area contributed by atoms with Gasteiger partial charge in [0.25, 0.3) is 0 Å². The van der Waals surface area contributed by atoms with E-state index in [2.05, 4.69) is 9.97 Å². The van der Waals surface area contributed by atoms with E-state index >= 15 is 0 Å². The van der Waals surface area contributed by atoms with Crippen molar-refractivity contribution >= 4 is 16.9 Å². The van der Waals surface area contributed by atoms with Crippen LogP contribution < -0.4 is 0 Å². The van der Waals surface area contributed by atoms with Gasteiger partial charge in [-0.2, -0.15) is 0 Å². The second-order valence-corrected chi connectivity index (χ2v) is 4.38. The first-order chi connectivity index (χ1) is 7.75. The Morgan fingerprint density at radius 1 is 1.38 bits per heavy atom. The third kappa shape index (κ3) is 2.73. The van der Waals surface area contributed by atoms with Crippen LogP contribution in [0, 0.1) is 6.92 Å². The van der Waals surface area contributed by atoms with Crippen molar-refractivity contribution in [3.05, 3.63) is 53.6 Å². The molecule has 0 spiro atoms. The van der Waals surface area contributed by atoms with Gasteiger partial charge >= 0.3 is 0 Å². The molecule has 0 aliphatic heterocycles. The van der Waals surface area contributed by atoms with Crippen LogP contribution in [0.5, 0.6) is 0 Å². The number of H-pyrrole nitrogens is 1. The van der Waals surface area contributed by atoms with Crippen molar-refractivity contribution in [3.63, 3.8) is 0 Å². The van der Waals surface area contributed by atoms with E-state index in [1.54, 1.807) is 6.20 Å². The van der Waals surface area contributed by atoms with Crippen molar-refractivity contribution in [1.82, 2.24) is 9.97 Å². The second-order valence-electron chi connectivity index (χ2n) is 3.44. The molecule has 82 valence electrons. The van der Waals surface area contributed by atoms with E-state index in [1.807, 2.05) is 37.3 Å². The zero-order chi connectivity index (χ0) is 11.4. The Bertz CT molecular complexity index is 479. The highest BCUT2D eigenvalue weighted by atomic mass is 32.2. The predicted octanol–water partition coefficient (Wildman–Crippen LogP) is 2.79. The smallest absolute Gasteiger partial charge is 0.219 e. The molecule has 0 aliphatic carbocycles. The van der Waals surface area contributed by atoms with Gasteiger partial charge in [-0.15, -0.1) is 0 Å². The number of aryl methyl sites for hydroxylation is 1. The summed E-state index contributed by atoms with van der Waals surface area (Å²) in [6.07, 6.45) is 1.76. The summed E-state index contributed by atoms with van der Waals surface area (Å²) < 4.78 is 0. The van der Waals surface area contributed by atoms with Gasteiger partial charge in [0, 0.05) is 23.2 Å². The molecule has 1 aromatic carbocycles. The quantitative estimate of drug-likeness (QED) is 0.885. The fourth-order valence-corrected chi connectivity index (χ4v) is 2.08. The number of nitrogens with zero attached hydrogens (tertiary/aromatic N) is 1. The number of thioether (sulfide) groups is 1. The fraction of sp³-hybridized carbons (Fsp3) is 0.167. The average molecular weight is 232 g/mol. The second kappa shape index (κ2) is 4.99. The third-order valence-electron chi connectivity index (χ3n) is 2.12. The summed E-state index contributed by atoms with van der Waals surface area (Å²) in [6, 6.07) is 9.29. The molecule has 0 saturated heterocycles. The molecule has 1 aromatic heterocycles. The number of hydrogen-bond donors (Lipinski definition) is 1. The summed E-state index contributed by atoms with van der Waals surface area (Å²) in [7, 11) is 0. The van der Waals surface area contributed by atoms with Gasteiger partial charge in [-0.3, -0.25) is 4.79 Å². The lowest BCUT2D eigenvalue weighted by Gasteiger charge is -1.98. The largest absolute Gasteiger partial charge is 0.345 e. The van der Waals surface area contributed by atoms with Gasteiger partial charge in [-0.1, -0.05) is 42.1 Å². The van der Waals surface area contributed by atoms with Gasteiger partial charge in [0.1, 0.15) is 5.82 Å². The Kier molecular flexibility index (Phi) is 3.41. The number of imidazole rings is 1. The van der Waals surface area contributed by atoms with E-state index in [1.165, 1.54) is 11.8 Å². The number of benzene rings is 1. The summed E-state index contributed by atoms with van der Waals surface area (Å²) in [5.74, 6) is 1.51. The maximum atomic E-state index is 11.8. The third-order valence-corrected chi connectivity index (χ3v) is 3.08. The summed E-state index contributed by atoms with van der Waals surface area (Å²) in [5, 5.41) is 0.0906. The number of rotatable bonds is 3. The molecule has 0 radical (unpaired) electrons. The molecular weight excluding hydrogens is 220 g/mol. The van der Waals surface area contributed by atoms with Gasteiger partial charge in [0.15, 0.2) is 0 Å². The van der Waals surface area contributed by atoms with Crippen molar-refractivity contribution in [2.45, 2.75) is 12.7 Å². The van der Waals surface area contributed by atoms with Gasteiger partial charge in [0.2, 0.25) is 5.12 Å². The van der Waals surface area contributed by atoms with Crippen LogP contribution >= 0.6 is 11.8 Å². The zero-order valence-corrected chi connectivity index (χ0v) is 9.75. The van der Waals surface area contributed by atoms with Gasteiger partial charge < -0.3 is 4.98 Å². The molecule has 0 unspecified atom stereocenters. The van der Waals surface area contributed by atoms with Crippen molar-refractivity contribution in [3.8, 4) is 0 Å². The number of aromatic amines is 1. The maximum absolute atomic E-state index is 11.8. The fourth-order valence-electron chi connectivity index (χ4n) is 1.35. The van der Waals surface area contributed by atoms with E-state index in [9.17, 15) is 4.79 Å². The monoisotopic (exact) mass is 232 g/mol. The highest BCUT2D eigenvalue weighted by Gasteiger charge is 2.06. The first-order valence-electron chi connectivity index (χ1n) is 4.98. The van der Waals surface area contributed by atoms with Crippen LogP contribution in [0.15, 0.2) is 36.5 Å². The molecule has 0 saturated carbocycles. The highest BCUT2D eigenvalue weighted by Crippen LogP contribution is 2.16. The number of carbonyl (C=O) groups excluding carboxylic acids is 1. The van der Waals surface area contributed by atoms with E-state index in [-0.39, 0.29) is 5.12 Å². The van der Waals surface area contributed by atoms with Crippen LogP contribution in [0.2, 0.25) is 0 Å². The lowest BCUT2D eigenvalue weighted by Crippen LogP contribution is -1.93. The van der Waals surface area contributed by atoms with Crippen LogP contribution in [-0.4, -0.2) is 15.1 Å². The summed E-state index contributed by atoms with van der Waals surface area (Å²) in [5.41, 5.74) is 1.72. The van der Waals surface area contributed by atoms with Crippen molar-refractivity contribution in [2.75, 3.05) is 0 Å². The molecule has 16 heavy (non-hydrogen) atoms. The van der Waals surface area contributed by atoms with E-state index in [0.29, 0.717) is 5.75 Å². The lowest BCUT2D eigenvalue weighted by molar-refractivity contribution is 0.108. The van der Waals surface area contributed by atoms with Crippen LogP contribution in [0.25, 0.3) is 0 Å². The van der Waals surface area contributed by atoms with Crippen molar-refractivity contribution in [2.24, 2.45) is 0 Å². The Balaban J connectivity index is 1.94. The Hall–Kier alpha value is -1.55. The molecule has 1 N–H and O–H groups in total. The van der Waals surface area contributed by atoms with Crippen LogP contribution in [0.1, 0.15) is 21.9 Å². The van der Waals surface area contributed by atoms with Crippen LogP contribution in [0.4, 0.5) is 0 Å². The van der Waals surface area contributed by atoms with E-state index in [4.69, 9.17) is 0 Å². The molecule has 1 heterocycles. The Labute approximate surface area is 98.3 Å². The molecular formula is C12H12N2OS.